The highest BCUT2D eigenvalue weighted by molar-refractivity contribution is 6.42. The van der Waals surface area contributed by atoms with E-state index in [4.69, 9.17) is 28.9 Å². The van der Waals surface area contributed by atoms with Crippen LogP contribution in [0.5, 0.6) is 0 Å². The first kappa shape index (κ1) is 15.6. The molecule has 1 aromatic rings. The fraction of sp³-hybridized carbons (Fsp3) is 0.647. The molecule has 0 bridgehead atoms. The maximum absolute atomic E-state index is 6.74. The minimum absolute atomic E-state index is 0.0212. The number of rotatable bonds is 3. The number of hydrogen-bond acceptors (Lipinski definition) is 2. The first-order valence-corrected chi connectivity index (χ1v) is 8.85. The molecule has 0 spiro atoms. The quantitative estimate of drug-likeness (QED) is 0.865. The van der Waals surface area contributed by atoms with Gasteiger partial charge in [-0.2, -0.15) is 0 Å². The van der Waals surface area contributed by atoms with Crippen LogP contribution in [0.1, 0.15) is 56.6 Å². The first-order chi connectivity index (χ1) is 10.1. The van der Waals surface area contributed by atoms with E-state index in [0.717, 1.165) is 5.56 Å². The zero-order valence-electron chi connectivity index (χ0n) is 12.5. The highest BCUT2D eigenvalue weighted by atomic mass is 35.5. The van der Waals surface area contributed by atoms with Crippen LogP contribution in [0.2, 0.25) is 10.0 Å². The Morgan fingerprint density at radius 3 is 2.24 bits per heavy atom. The van der Waals surface area contributed by atoms with E-state index >= 15 is 0 Å². The zero-order chi connectivity index (χ0) is 14.9. The molecule has 2 fully saturated rings. The van der Waals surface area contributed by atoms with Crippen LogP contribution in [0.4, 0.5) is 0 Å². The molecule has 0 aromatic heterocycles. The summed E-state index contributed by atoms with van der Waals surface area (Å²) in [6.45, 7) is 2.38. The summed E-state index contributed by atoms with van der Waals surface area (Å²) in [6, 6.07) is 5.90. The maximum Gasteiger partial charge on any atom is 0.0595 e. The standard InChI is InChI=1S/C17H24Cl2N2/c18-14-7-6-13(12-15(14)19)16(20)17(8-2-3-9-17)21-10-4-1-5-11-21/h6-7,12,16H,1-5,8-11,20H2. The van der Waals surface area contributed by atoms with E-state index < -0.39 is 0 Å². The molecule has 1 unspecified atom stereocenters. The molecule has 2 nitrogen and oxygen atoms in total. The van der Waals surface area contributed by atoms with Gasteiger partial charge in [0.1, 0.15) is 0 Å². The van der Waals surface area contributed by atoms with Crippen molar-refractivity contribution in [1.29, 1.82) is 0 Å². The lowest BCUT2D eigenvalue weighted by Gasteiger charge is -2.47. The highest BCUT2D eigenvalue weighted by Crippen LogP contribution is 2.45. The summed E-state index contributed by atoms with van der Waals surface area (Å²) in [6.07, 6.45) is 8.93. The van der Waals surface area contributed by atoms with Crippen molar-refractivity contribution < 1.29 is 0 Å². The zero-order valence-corrected chi connectivity index (χ0v) is 14.0. The lowest BCUT2D eigenvalue weighted by molar-refractivity contribution is 0.0478. The molecule has 1 saturated carbocycles. The molecule has 1 saturated heterocycles. The molecule has 116 valence electrons. The Labute approximate surface area is 137 Å². The van der Waals surface area contributed by atoms with Gasteiger partial charge < -0.3 is 5.73 Å². The van der Waals surface area contributed by atoms with Crippen molar-refractivity contribution in [2.45, 2.75) is 56.5 Å². The number of piperidine rings is 1. The molecule has 2 N–H and O–H groups in total. The van der Waals surface area contributed by atoms with Crippen LogP contribution >= 0.6 is 23.2 Å². The topological polar surface area (TPSA) is 29.3 Å². The van der Waals surface area contributed by atoms with E-state index in [1.54, 1.807) is 0 Å². The van der Waals surface area contributed by atoms with Gasteiger partial charge in [-0.15, -0.1) is 0 Å². The summed E-state index contributed by atoms with van der Waals surface area (Å²) in [5.41, 5.74) is 7.99. The first-order valence-electron chi connectivity index (χ1n) is 8.09. The summed E-state index contributed by atoms with van der Waals surface area (Å²) in [4.78, 5) is 2.66. The lowest BCUT2D eigenvalue weighted by Crippen LogP contribution is -2.55. The normalized spacial score (nSPS) is 24.1. The minimum Gasteiger partial charge on any atom is -0.322 e. The van der Waals surface area contributed by atoms with E-state index in [2.05, 4.69) is 4.90 Å². The smallest absolute Gasteiger partial charge is 0.0595 e. The van der Waals surface area contributed by atoms with Gasteiger partial charge in [-0.05, 0) is 56.5 Å². The third-order valence-electron chi connectivity index (χ3n) is 5.34. The predicted molar refractivity (Wildman–Crippen MR) is 90.0 cm³/mol. The Kier molecular flexibility index (Phi) is 4.80. The highest BCUT2D eigenvalue weighted by Gasteiger charge is 2.45. The van der Waals surface area contributed by atoms with Gasteiger partial charge in [0, 0.05) is 11.6 Å². The van der Waals surface area contributed by atoms with Crippen molar-refractivity contribution in [3.05, 3.63) is 33.8 Å². The Morgan fingerprint density at radius 1 is 0.952 bits per heavy atom. The molecule has 2 aliphatic rings. The van der Waals surface area contributed by atoms with Gasteiger partial charge in [0.2, 0.25) is 0 Å². The van der Waals surface area contributed by atoms with Crippen molar-refractivity contribution in [3.63, 3.8) is 0 Å². The van der Waals surface area contributed by atoms with E-state index in [9.17, 15) is 0 Å². The average molecular weight is 327 g/mol. The van der Waals surface area contributed by atoms with E-state index in [1.807, 2.05) is 18.2 Å². The summed E-state index contributed by atoms with van der Waals surface area (Å²) >= 11 is 12.2. The monoisotopic (exact) mass is 326 g/mol. The summed E-state index contributed by atoms with van der Waals surface area (Å²) in [5, 5.41) is 1.21. The number of halogens is 2. The Balaban J connectivity index is 1.90. The second-order valence-electron chi connectivity index (χ2n) is 6.51. The van der Waals surface area contributed by atoms with Crippen molar-refractivity contribution >= 4 is 23.2 Å². The number of nitrogens with zero attached hydrogens (tertiary/aromatic N) is 1. The van der Waals surface area contributed by atoms with Gasteiger partial charge in [-0.1, -0.05) is 48.5 Å². The third kappa shape index (κ3) is 2.96. The molecule has 1 aliphatic carbocycles. The van der Waals surface area contributed by atoms with Crippen molar-refractivity contribution in [2.75, 3.05) is 13.1 Å². The van der Waals surface area contributed by atoms with Gasteiger partial charge in [-0.3, -0.25) is 4.90 Å². The van der Waals surface area contributed by atoms with Gasteiger partial charge >= 0.3 is 0 Å². The molecular weight excluding hydrogens is 303 g/mol. The molecule has 0 amide bonds. The SMILES string of the molecule is NC(c1ccc(Cl)c(Cl)c1)C1(N2CCCCC2)CCCC1. The average Bonchev–Trinajstić information content (AvgIpc) is 3.01. The summed E-state index contributed by atoms with van der Waals surface area (Å²) in [5.74, 6) is 0. The number of benzene rings is 1. The van der Waals surface area contributed by atoms with E-state index in [1.165, 1.54) is 58.0 Å². The van der Waals surface area contributed by atoms with Gasteiger partial charge in [0.15, 0.2) is 0 Å². The van der Waals surface area contributed by atoms with Crippen LogP contribution in [0.15, 0.2) is 18.2 Å². The molecule has 1 aliphatic heterocycles. The van der Waals surface area contributed by atoms with E-state index in [-0.39, 0.29) is 11.6 Å². The van der Waals surface area contributed by atoms with Crippen LogP contribution < -0.4 is 5.73 Å². The van der Waals surface area contributed by atoms with Crippen LogP contribution in [-0.2, 0) is 0 Å². The Hall–Kier alpha value is -0.280. The van der Waals surface area contributed by atoms with Crippen LogP contribution in [0.3, 0.4) is 0 Å². The molecule has 1 heterocycles. The molecule has 4 heteroatoms. The molecule has 0 radical (unpaired) electrons. The Bertz CT molecular complexity index is 492. The second-order valence-corrected chi connectivity index (χ2v) is 7.32. The number of hydrogen-bond donors (Lipinski definition) is 1. The summed E-state index contributed by atoms with van der Waals surface area (Å²) < 4.78 is 0. The summed E-state index contributed by atoms with van der Waals surface area (Å²) in [7, 11) is 0. The minimum atomic E-state index is 0.0212. The van der Waals surface area contributed by atoms with E-state index in [0.29, 0.717) is 10.0 Å². The van der Waals surface area contributed by atoms with Gasteiger partial charge in [-0.25, -0.2) is 0 Å². The molecule has 1 atom stereocenters. The van der Waals surface area contributed by atoms with Crippen LogP contribution in [0, 0.1) is 0 Å². The number of nitrogens with two attached hydrogens (primary N) is 1. The molecule has 21 heavy (non-hydrogen) atoms. The predicted octanol–water partition coefficient (Wildman–Crippen LogP) is 4.79. The fourth-order valence-electron chi connectivity index (χ4n) is 4.17. The van der Waals surface area contributed by atoms with Crippen molar-refractivity contribution in [2.24, 2.45) is 5.73 Å². The largest absolute Gasteiger partial charge is 0.322 e. The van der Waals surface area contributed by atoms with Gasteiger partial charge in [0.05, 0.1) is 10.0 Å². The number of likely N-dealkylation sites (tertiary alicyclic amines) is 1. The third-order valence-corrected chi connectivity index (χ3v) is 6.08. The fourth-order valence-corrected chi connectivity index (χ4v) is 4.47. The molecule has 1 aromatic carbocycles. The maximum atomic E-state index is 6.74. The second kappa shape index (κ2) is 6.45. The van der Waals surface area contributed by atoms with Gasteiger partial charge in [0.25, 0.3) is 0 Å². The van der Waals surface area contributed by atoms with Crippen LogP contribution in [-0.4, -0.2) is 23.5 Å². The van der Waals surface area contributed by atoms with Crippen molar-refractivity contribution in [1.82, 2.24) is 4.90 Å². The van der Waals surface area contributed by atoms with Crippen LogP contribution in [0.25, 0.3) is 0 Å². The van der Waals surface area contributed by atoms with Crippen molar-refractivity contribution in [3.8, 4) is 0 Å². The Morgan fingerprint density at radius 2 is 1.62 bits per heavy atom. The lowest BCUT2D eigenvalue weighted by atomic mass is 9.81. The molecule has 3 rings (SSSR count). The molecular formula is C17H24Cl2N2.